The number of nitro groups is 1. The smallest absolute Gasteiger partial charge is 0.395 e. The molecule has 23 heavy (non-hydrogen) atoms. The number of amides is 1. The minimum atomic E-state index is -0.949. The van der Waals surface area contributed by atoms with E-state index in [0.29, 0.717) is 5.69 Å². The monoisotopic (exact) mass is 318 g/mol. The molecule has 0 saturated heterocycles. The number of aryl methyl sites for hydroxylation is 1. The highest BCUT2D eigenvalue weighted by atomic mass is 16.6. The van der Waals surface area contributed by atoms with Gasteiger partial charge in [0.15, 0.2) is 6.61 Å². The van der Waals surface area contributed by atoms with Gasteiger partial charge in [0.05, 0.1) is 11.3 Å². The van der Waals surface area contributed by atoms with Crippen molar-refractivity contribution in [3.63, 3.8) is 0 Å². The molecule has 0 unspecified atom stereocenters. The number of nitrogens with one attached hydrogen (secondary N) is 2. The molecule has 2 rings (SSSR count). The molecule has 9 heteroatoms. The molecule has 0 aliphatic heterocycles. The molecule has 0 aliphatic rings. The third kappa shape index (κ3) is 4.13. The molecular formula is C14H14N4O5. The first-order chi connectivity index (χ1) is 11.0. The van der Waals surface area contributed by atoms with Crippen LogP contribution in [0.5, 0.6) is 5.88 Å². The number of aromatic nitrogens is 2. The van der Waals surface area contributed by atoms with E-state index >= 15 is 0 Å². The van der Waals surface area contributed by atoms with Crippen LogP contribution in [0.25, 0.3) is 0 Å². The number of anilines is 1. The van der Waals surface area contributed by atoms with E-state index in [-0.39, 0.29) is 0 Å². The number of carbonyl (C=O) groups excluding carboxylic acids is 1. The van der Waals surface area contributed by atoms with Crippen molar-refractivity contribution in [2.45, 2.75) is 13.3 Å². The van der Waals surface area contributed by atoms with Crippen LogP contribution in [0, 0.1) is 10.1 Å². The van der Waals surface area contributed by atoms with Crippen molar-refractivity contribution in [1.82, 2.24) is 9.97 Å². The Kier molecular flexibility index (Phi) is 5.03. The summed E-state index contributed by atoms with van der Waals surface area (Å²) in [6.07, 6.45) is 1.85. The van der Waals surface area contributed by atoms with Crippen LogP contribution in [0.1, 0.15) is 12.5 Å². The average molecular weight is 318 g/mol. The quantitative estimate of drug-likeness (QED) is 0.609. The standard InChI is InChI=1S/C14H14N4O5/c1-2-9-3-5-10(6-4-9)17-11(19)7-23-14-12(18(21)22)13(20)15-8-16-14/h3-6,8H,2,7H2,1H3,(H,17,19)(H,15,16,20). The minimum Gasteiger partial charge on any atom is -0.462 e. The second kappa shape index (κ2) is 7.16. The highest BCUT2D eigenvalue weighted by Gasteiger charge is 2.22. The maximum Gasteiger partial charge on any atom is 0.395 e. The Morgan fingerprint density at radius 2 is 2.09 bits per heavy atom. The first kappa shape index (κ1) is 16.1. The summed E-state index contributed by atoms with van der Waals surface area (Å²) >= 11 is 0. The predicted molar refractivity (Wildman–Crippen MR) is 81.5 cm³/mol. The van der Waals surface area contributed by atoms with Gasteiger partial charge in [0, 0.05) is 5.69 Å². The van der Waals surface area contributed by atoms with Gasteiger partial charge >= 0.3 is 17.1 Å². The molecule has 0 radical (unpaired) electrons. The van der Waals surface area contributed by atoms with E-state index in [9.17, 15) is 19.7 Å². The van der Waals surface area contributed by atoms with Crippen molar-refractivity contribution in [2.24, 2.45) is 0 Å². The van der Waals surface area contributed by atoms with Crippen molar-refractivity contribution in [1.29, 1.82) is 0 Å². The number of hydrogen-bond acceptors (Lipinski definition) is 6. The number of carbonyl (C=O) groups is 1. The van der Waals surface area contributed by atoms with Gasteiger partial charge in [-0.25, -0.2) is 0 Å². The van der Waals surface area contributed by atoms with E-state index in [1.54, 1.807) is 12.1 Å². The molecule has 0 saturated carbocycles. The molecule has 1 heterocycles. The molecule has 0 bridgehead atoms. The van der Waals surface area contributed by atoms with E-state index in [2.05, 4.69) is 15.3 Å². The Morgan fingerprint density at radius 3 is 2.70 bits per heavy atom. The van der Waals surface area contributed by atoms with Gasteiger partial charge in [-0.1, -0.05) is 19.1 Å². The summed E-state index contributed by atoms with van der Waals surface area (Å²) in [4.78, 5) is 38.7. The summed E-state index contributed by atoms with van der Waals surface area (Å²) in [5, 5.41) is 13.4. The molecule has 0 spiro atoms. The summed E-state index contributed by atoms with van der Waals surface area (Å²) in [5.74, 6) is -1.03. The van der Waals surface area contributed by atoms with Gasteiger partial charge in [0.1, 0.15) is 0 Å². The minimum absolute atomic E-state index is 0.504. The van der Waals surface area contributed by atoms with Crippen LogP contribution >= 0.6 is 0 Å². The number of rotatable bonds is 6. The summed E-state index contributed by atoms with van der Waals surface area (Å²) in [7, 11) is 0. The van der Waals surface area contributed by atoms with Gasteiger partial charge in [-0.3, -0.25) is 19.7 Å². The molecule has 120 valence electrons. The zero-order chi connectivity index (χ0) is 16.8. The zero-order valence-electron chi connectivity index (χ0n) is 12.2. The number of aromatic amines is 1. The van der Waals surface area contributed by atoms with E-state index in [0.717, 1.165) is 18.3 Å². The molecule has 2 aromatic rings. The molecule has 1 amide bonds. The summed E-state index contributed by atoms with van der Waals surface area (Å²) in [6.45, 7) is 1.51. The lowest BCUT2D eigenvalue weighted by Gasteiger charge is -2.07. The van der Waals surface area contributed by atoms with Crippen molar-refractivity contribution in [2.75, 3.05) is 11.9 Å². The summed E-state index contributed by atoms with van der Waals surface area (Å²) in [6, 6.07) is 7.23. The number of nitrogens with zero attached hydrogens (tertiary/aromatic N) is 2. The van der Waals surface area contributed by atoms with Crippen LogP contribution in [0.3, 0.4) is 0 Å². The Labute approximate surface area is 130 Å². The van der Waals surface area contributed by atoms with Gasteiger partial charge in [0.2, 0.25) is 0 Å². The van der Waals surface area contributed by atoms with Gasteiger partial charge < -0.3 is 15.0 Å². The molecule has 2 N–H and O–H groups in total. The molecule has 1 aromatic carbocycles. The number of ether oxygens (including phenoxy) is 1. The number of benzene rings is 1. The van der Waals surface area contributed by atoms with Crippen LogP contribution < -0.4 is 15.6 Å². The largest absolute Gasteiger partial charge is 0.462 e. The van der Waals surface area contributed by atoms with Gasteiger partial charge in [-0.2, -0.15) is 4.98 Å². The fraction of sp³-hybridized carbons (Fsp3) is 0.214. The number of H-pyrrole nitrogens is 1. The lowest BCUT2D eigenvalue weighted by atomic mass is 10.1. The molecule has 0 atom stereocenters. The molecular weight excluding hydrogens is 304 g/mol. The normalized spacial score (nSPS) is 10.1. The van der Waals surface area contributed by atoms with Crippen LogP contribution in [-0.2, 0) is 11.2 Å². The van der Waals surface area contributed by atoms with Crippen LogP contribution in [0.2, 0.25) is 0 Å². The highest BCUT2D eigenvalue weighted by molar-refractivity contribution is 5.91. The van der Waals surface area contributed by atoms with Crippen molar-refractivity contribution >= 4 is 17.3 Å². The first-order valence-electron chi connectivity index (χ1n) is 6.75. The first-order valence-corrected chi connectivity index (χ1v) is 6.75. The highest BCUT2D eigenvalue weighted by Crippen LogP contribution is 2.17. The lowest BCUT2D eigenvalue weighted by Crippen LogP contribution is -2.22. The third-order valence-corrected chi connectivity index (χ3v) is 2.96. The van der Waals surface area contributed by atoms with Gasteiger partial charge in [-0.15, -0.1) is 0 Å². The van der Waals surface area contributed by atoms with Crippen molar-refractivity contribution < 1.29 is 14.5 Å². The fourth-order valence-electron chi connectivity index (χ4n) is 1.80. The topological polar surface area (TPSA) is 127 Å². The van der Waals surface area contributed by atoms with Crippen LogP contribution in [0.4, 0.5) is 11.4 Å². The van der Waals surface area contributed by atoms with E-state index in [4.69, 9.17) is 4.74 Å². The van der Waals surface area contributed by atoms with E-state index in [1.807, 2.05) is 19.1 Å². The van der Waals surface area contributed by atoms with E-state index < -0.39 is 34.6 Å². The summed E-state index contributed by atoms with van der Waals surface area (Å²) < 4.78 is 4.97. The maximum absolute atomic E-state index is 11.8. The Morgan fingerprint density at radius 1 is 1.39 bits per heavy atom. The Bertz CT molecular complexity index is 769. The lowest BCUT2D eigenvalue weighted by molar-refractivity contribution is -0.387. The molecule has 0 aliphatic carbocycles. The summed E-state index contributed by atoms with van der Waals surface area (Å²) in [5.41, 5.74) is -0.0880. The Hall–Kier alpha value is -3.23. The predicted octanol–water partition coefficient (Wildman–Crippen LogP) is 1.26. The third-order valence-electron chi connectivity index (χ3n) is 2.96. The molecule has 0 fully saturated rings. The van der Waals surface area contributed by atoms with Crippen molar-refractivity contribution in [3.8, 4) is 5.88 Å². The fourth-order valence-corrected chi connectivity index (χ4v) is 1.80. The van der Waals surface area contributed by atoms with Crippen LogP contribution in [-0.4, -0.2) is 27.4 Å². The van der Waals surface area contributed by atoms with E-state index in [1.165, 1.54) is 0 Å². The van der Waals surface area contributed by atoms with Crippen LogP contribution in [0.15, 0.2) is 35.4 Å². The number of hydrogen-bond donors (Lipinski definition) is 2. The zero-order valence-corrected chi connectivity index (χ0v) is 12.2. The van der Waals surface area contributed by atoms with Gasteiger partial charge in [-0.05, 0) is 24.1 Å². The molecule has 1 aromatic heterocycles. The average Bonchev–Trinajstić information content (AvgIpc) is 2.53. The van der Waals surface area contributed by atoms with Crippen molar-refractivity contribution in [3.05, 3.63) is 56.6 Å². The SMILES string of the molecule is CCc1ccc(NC(=O)COc2nc[nH]c(=O)c2[N+](=O)[O-])cc1. The Balaban J connectivity index is 2.00. The maximum atomic E-state index is 11.8. The molecule has 9 nitrogen and oxygen atoms in total. The second-order valence-corrected chi connectivity index (χ2v) is 4.53. The van der Waals surface area contributed by atoms with Gasteiger partial charge in [0.25, 0.3) is 5.91 Å². The second-order valence-electron chi connectivity index (χ2n) is 4.53.